The van der Waals surface area contributed by atoms with Crippen molar-refractivity contribution in [3.63, 3.8) is 0 Å². The Morgan fingerprint density at radius 1 is 0.317 bits per heavy atom. The smallest absolute Gasteiger partial charge is 0.306 e. The minimum absolute atomic E-state index is 0.0648. The van der Waals surface area contributed by atoms with Gasteiger partial charge in [-0.1, -0.05) is 273 Å². The van der Waals surface area contributed by atoms with Gasteiger partial charge in [-0.3, -0.25) is 14.4 Å². The fourth-order valence-electron chi connectivity index (χ4n) is 8.58. The summed E-state index contributed by atoms with van der Waals surface area (Å²) in [5.74, 6) is 1.69. The maximum absolute atomic E-state index is 12.8. The molecule has 0 radical (unpaired) electrons. The van der Waals surface area contributed by atoms with Crippen molar-refractivity contribution in [2.45, 2.75) is 317 Å². The van der Waals surface area contributed by atoms with Crippen molar-refractivity contribution in [3.8, 4) is 0 Å². The normalized spacial score (nSPS) is 13.0. The molecule has 63 heavy (non-hydrogen) atoms. The highest BCUT2D eigenvalue weighted by molar-refractivity contribution is 5.71. The van der Waals surface area contributed by atoms with Gasteiger partial charge in [-0.25, -0.2) is 0 Å². The van der Waals surface area contributed by atoms with Crippen molar-refractivity contribution in [3.05, 3.63) is 0 Å². The Balaban J connectivity index is 4.24. The molecule has 0 aromatic heterocycles. The summed E-state index contributed by atoms with van der Waals surface area (Å²) in [5.41, 5.74) is 0. The van der Waals surface area contributed by atoms with Crippen LogP contribution in [0.15, 0.2) is 0 Å². The molecule has 0 aliphatic rings. The monoisotopic (exact) mass is 891 g/mol. The number of ether oxygens (including phenoxy) is 3. The lowest BCUT2D eigenvalue weighted by Gasteiger charge is -2.18. The Morgan fingerprint density at radius 3 is 0.825 bits per heavy atom. The molecule has 0 aromatic rings. The molecule has 0 saturated carbocycles. The van der Waals surface area contributed by atoms with Crippen LogP contribution >= 0.6 is 0 Å². The van der Waals surface area contributed by atoms with Crippen LogP contribution in [0.5, 0.6) is 0 Å². The molecule has 0 aliphatic heterocycles. The van der Waals surface area contributed by atoms with E-state index < -0.39 is 6.10 Å². The van der Waals surface area contributed by atoms with E-state index in [1.165, 1.54) is 193 Å². The average molecular weight is 892 g/mol. The van der Waals surface area contributed by atoms with Crippen LogP contribution in [0.1, 0.15) is 311 Å². The van der Waals surface area contributed by atoms with Crippen LogP contribution in [0.2, 0.25) is 0 Å². The average Bonchev–Trinajstić information content (AvgIpc) is 3.27. The Labute approximate surface area is 393 Å². The summed E-state index contributed by atoms with van der Waals surface area (Å²) in [6.07, 6.45) is 49.5. The zero-order valence-corrected chi connectivity index (χ0v) is 43.4. The second-order valence-corrected chi connectivity index (χ2v) is 20.5. The van der Waals surface area contributed by atoms with Crippen LogP contribution < -0.4 is 0 Å². The molecular weight excluding hydrogens is 781 g/mol. The summed E-state index contributed by atoms with van der Waals surface area (Å²) in [6.45, 7) is 13.8. The molecule has 0 aliphatic carbocycles. The third-order valence-electron chi connectivity index (χ3n) is 13.6. The fraction of sp³-hybridized carbons (Fsp3) is 0.947. The van der Waals surface area contributed by atoms with Gasteiger partial charge in [0.15, 0.2) is 6.10 Å². The van der Waals surface area contributed by atoms with E-state index in [4.69, 9.17) is 14.2 Å². The van der Waals surface area contributed by atoms with Gasteiger partial charge in [-0.05, 0) is 37.0 Å². The quantitative estimate of drug-likeness (QED) is 0.0344. The molecule has 0 fully saturated rings. The second kappa shape index (κ2) is 48.3. The number of carbonyl (C=O) groups excluding carboxylic acids is 3. The Morgan fingerprint density at radius 2 is 0.556 bits per heavy atom. The molecule has 0 saturated heterocycles. The van der Waals surface area contributed by atoms with Gasteiger partial charge < -0.3 is 14.2 Å². The molecule has 3 atom stereocenters. The predicted octanol–water partition coefficient (Wildman–Crippen LogP) is 18.3. The van der Waals surface area contributed by atoms with Gasteiger partial charge in [0.25, 0.3) is 0 Å². The number of rotatable bonds is 50. The first-order valence-electron chi connectivity index (χ1n) is 28.2. The van der Waals surface area contributed by atoms with Crippen LogP contribution in [-0.2, 0) is 28.6 Å². The number of hydrogen-bond acceptors (Lipinski definition) is 6. The van der Waals surface area contributed by atoms with Crippen molar-refractivity contribution in [1.29, 1.82) is 0 Å². The van der Waals surface area contributed by atoms with E-state index in [-0.39, 0.29) is 31.1 Å². The lowest BCUT2D eigenvalue weighted by atomic mass is 9.99. The van der Waals surface area contributed by atoms with Gasteiger partial charge in [0.2, 0.25) is 0 Å². The molecule has 0 amide bonds. The SMILES string of the molecule is CCC(C)CCCCCCCCCCCCC(=O)OC[C@H](COC(=O)CCCCCCCCC(C)CC)OC(=O)CCCCCCCCCCCCCCCCCCCCC(C)C. The second-order valence-electron chi connectivity index (χ2n) is 20.5. The molecule has 0 aromatic carbocycles. The minimum Gasteiger partial charge on any atom is -0.462 e. The first-order chi connectivity index (χ1) is 30.7. The van der Waals surface area contributed by atoms with Crippen molar-refractivity contribution in [2.24, 2.45) is 17.8 Å². The van der Waals surface area contributed by atoms with Gasteiger partial charge in [-0.2, -0.15) is 0 Å². The van der Waals surface area contributed by atoms with Crippen LogP contribution in [-0.4, -0.2) is 37.2 Å². The van der Waals surface area contributed by atoms with E-state index in [9.17, 15) is 14.4 Å². The van der Waals surface area contributed by atoms with Crippen molar-refractivity contribution < 1.29 is 28.6 Å². The van der Waals surface area contributed by atoms with Crippen molar-refractivity contribution >= 4 is 17.9 Å². The van der Waals surface area contributed by atoms with Crippen LogP contribution in [0.3, 0.4) is 0 Å². The number of unbranched alkanes of at least 4 members (excludes halogenated alkanes) is 31. The first kappa shape index (κ1) is 61.4. The van der Waals surface area contributed by atoms with Crippen LogP contribution in [0.25, 0.3) is 0 Å². The van der Waals surface area contributed by atoms with E-state index in [2.05, 4.69) is 41.5 Å². The Kier molecular flexibility index (Phi) is 47.1. The Bertz CT molecular complexity index is 980. The highest BCUT2D eigenvalue weighted by atomic mass is 16.6. The summed E-state index contributed by atoms with van der Waals surface area (Å²) in [4.78, 5) is 38.0. The zero-order valence-electron chi connectivity index (χ0n) is 43.4. The van der Waals surface area contributed by atoms with Crippen molar-refractivity contribution in [1.82, 2.24) is 0 Å². The number of esters is 3. The lowest BCUT2D eigenvalue weighted by molar-refractivity contribution is -0.167. The molecule has 0 rings (SSSR count). The molecule has 2 unspecified atom stereocenters. The van der Waals surface area contributed by atoms with Gasteiger partial charge in [0.05, 0.1) is 0 Å². The first-order valence-corrected chi connectivity index (χ1v) is 28.2. The summed E-state index contributed by atoms with van der Waals surface area (Å²) in [6, 6.07) is 0. The highest BCUT2D eigenvalue weighted by Crippen LogP contribution is 2.19. The largest absolute Gasteiger partial charge is 0.462 e. The molecule has 0 spiro atoms. The molecule has 374 valence electrons. The summed E-state index contributed by atoms with van der Waals surface area (Å²) in [5, 5.41) is 0. The van der Waals surface area contributed by atoms with Crippen molar-refractivity contribution in [2.75, 3.05) is 13.2 Å². The summed E-state index contributed by atoms with van der Waals surface area (Å²) >= 11 is 0. The van der Waals surface area contributed by atoms with E-state index in [1.54, 1.807) is 0 Å². The van der Waals surface area contributed by atoms with Gasteiger partial charge >= 0.3 is 17.9 Å². The molecule has 6 nitrogen and oxygen atoms in total. The van der Waals surface area contributed by atoms with Crippen LogP contribution in [0.4, 0.5) is 0 Å². The van der Waals surface area contributed by atoms with E-state index in [0.29, 0.717) is 19.3 Å². The molecule has 0 heterocycles. The summed E-state index contributed by atoms with van der Waals surface area (Å²) < 4.78 is 16.8. The zero-order chi connectivity index (χ0) is 46.3. The van der Waals surface area contributed by atoms with Crippen LogP contribution in [0, 0.1) is 17.8 Å². The van der Waals surface area contributed by atoms with E-state index in [0.717, 1.165) is 75.5 Å². The third kappa shape index (κ3) is 48.2. The highest BCUT2D eigenvalue weighted by Gasteiger charge is 2.19. The standard InChI is InChI=1S/C57H110O6/c1-7-52(5)44-38-32-26-22-19-20-23-27-34-40-46-55(58)61-49-54(50-62-56(59)47-41-35-30-29-33-39-45-53(6)8-2)63-57(60)48-42-36-28-24-18-16-14-12-10-9-11-13-15-17-21-25-31-37-43-51(3)4/h51-54H,7-50H2,1-6H3/t52?,53?,54-/m1/s1. The third-order valence-corrected chi connectivity index (χ3v) is 13.6. The lowest BCUT2D eigenvalue weighted by Crippen LogP contribution is -2.30. The molecular formula is C57H110O6. The van der Waals surface area contributed by atoms with Gasteiger partial charge in [0, 0.05) is 19.3 Å². The van der Waals surface area contributed by atoms with Gasteiger partial charge in [-0.15, -0.1) is 0 Å². The number of hydrogen-bond donors (Lipinski definition) is 0. The van der Waals surface area contributed by atoms with E-state index in [1.807, 2.05) is 0 Å². The fourth-order valence-corrected chi connectivity index (χ4v) is 8.58. The van der Waals surface area contributed by atoms with Gasteiger partial charge in [0.1, 0.15) is 13.2 Å². The molecule has 6 heteroatoms. The molecule has 0 bridgehead atoms. The Hall–Kier alpha value is -1.59. The predicted molar refractivity (Wildman–Crippen MR) is 270 cm³/mol. The topological polar surface area (TPSA) is 78.9 Å². The maximum Gasteiger partial charge on any atom is 0.306 e. The van der Waals surface area contributed by atoms with E-state index >= 15 is 0 Å². The summed E-state index contributed by atoms with van der Waals surface area (Å²) in [7, 11) is 0. The maximum atomic E-state index is 12.8. The minimum atomic E-state index is -0.764. The number of carbonyl (C=O) groups is 3. The molecule has 0 N–H and O–H groups in total.